The van der Waals surface area contributed by atoms with Crippen molar-refractivity contribution in [1.29, 1.82) is 0 Å². The van der Waals surface area contributed by atoms with Gasteiger partial charge in [-0.05, 0) is 43.2 Å². The van der Waals surface area contributed by atoms with Crippen LogP contribution in [0.1, 0.15) is 32.4 Å². The molecule has 0 bridgehead atoms. The fraction of sp³-hybridized carbons (Fsp3) is 0.421. The van der Waals surface area contributed by atoms with Gasteiger partial charge in [0, 0.05) is 14.2 Å². The molecule has 0 N–H and O–H groups in total. The summed E-state index contributed by atoms with van der Waals surface area (Å²) in [5, 5.41) is 2.09. The van der Waals surface area contributed by atoms with Gasteiger partial charge in [-0.15, -0.1) is 0 Å². The number of ether oxygens (including phenoxy) is 1. The number of fused-ring (bicyclic) bond motifs is 1. The van der Waals surface area contributed by atoms with Crippen LogP contribution in [0.5, 0.6) is 0 Å². The smallest absolute Gasteiger partial charge is 0.334 e. The summed E-state index contributed by atoms with van der Waals surface area (Å²) in [7, 11) is -0.695. The van der Waals surface area contributed by atoms with Gasteiger partial charge in [0.2, 0.25) is 0 Å². The lowest BCUT2D eigenvalue weighted by Crippen LogP contribution is -2.26. The molecule has 1 atom stereocenters. The SMILES string of the molecule is COP(=O)(C[C@H](OC(=O)C(C)(C)C)c1ccc2ccccc2c1)OC. The van der Waals surface area contributed by atoms with Gasteiger partial charge in [0.25, 0.3) is 0 Å². The van der Waals surface area contributed by atoms with Crippen molar-refractivity contribution in [3.05, 3.63) is 48.0 Å². The Bertz CT molecular complexity index is 786. The van der Waals surface area contributed by atoms with Crippen molar-refractivity contribution >= 4 is 24.3 Å². The monoisotopic (exact) mass is 364 g/mol. The van der Waals surface area contributed by atoms with E-state index in [1.54, 1.807) is 20.8 Å². The van der Waals surface area contributed by atoms with Crippen LogP contribution in [0.25, 0.3) is 10.8 Å². The number of benzene rings is 2. The summed E-state index contributed by atoms with van der Waals surface area (Å²) in [6.07, 6.45) is -0.762. The molecule has 0 aliphatic heterocycles. The van der Waals surface area contributed by atoms with E-state index in [1.807, 2.05) is 42.5 Å². The third-order valence-electron chi connectivity index (χ3n) is 3.95. The van der Waals surface area contributed by atoms with E-state index < -0.39 is 19.1 Å². The molecule has 0 aliphatic rings. The Balaban J connectivity index is 2.41. The van der Waals surface area contributed by atoms with Gasteiger partial charge < -0.3 is 13.8 Å². The second-order valence-electron chi connectivity index (χ2n) is 6.91. The molecule has 25 heavy (non-hydrogen) atoms. The van der Waals surface area contributed by atoms with Gasteiger partial charge in [-0.25, -0.2) is 0 Å². The summed E-state index contributed by atoms with van der Waals surface area (Å²) in [6, 6.07) is 13.6. The maximum Gasteiger partial charge on any atom is 0.334 e. The number of carbonyl (C=O) groups excluding carboxylic acids is 1. The highest BCUT2D eigenvalue weighted by Gasteiger charge is 2.33. The van der Waals surface area contributed by atoms with E-state index in [9.17, 15) is 9.36 Å². The molecule has 136 valence electrons. The van der Waals surface area contributed by atoms with E-state index in [1.165, 1.54) is 14.2 Å². The second kappa shape index (κ2) is 7.69. The number of hydrogen-bond donors (Lipinski definition) is 0. The maximum absolute atomic E-state index is 12.6. The van der Waals surface area contributed by atoms with Gasteiger partial charge in [0.1, 0.15) is 6.10 Å². The molecule has 2 aromatic rings. The molecule has 0 radical (unpaired) electrons. The summed E-state index contributed by atoms with van der Waals surface area (Å²) < 4.78 is 28.3. The molecule has 0 fully saturated rings. The normalized spacial score (nSPS) is 13.6. The van der Waals surface area contributed by atoms with Gasteiger partial charge in [0.05, 0.1) is 11.6 Å². The lowest BCUT2D eigenvalue weighted by molar-refractivity contribution is -0.158. The predicted octanol–water partition coefficient (Wildman–Crippen LogP) is 4.96. The minimum Gasteiger partial charge on any atom is -0.456 e. The molecule has 6 heteroatoms. The first-order valence-corrected chi connectivity index (χ1v) is 9.81. The lowest BCUT2D eigenvalue weighted by Gasteiger charge is -2.26. The van der Waals surface area contributed by atoms with E-state index in [0.717, 1.165) is 16.3 Å². The first-order valence-electron chi connectivity index (χ1n) is 8.09. The summed E-state index contributed by atoms with van der Waals surface area (Å²) in [5.74, 6) is -0.371. The molecule has 0 saturated heterocycles. The van der Waals surface area contributed by atoms with Gasteiger partial charge in [-0.1, -0.05) is 36.4 Å². The first kappa shape index (κ1) is 19.6. The Morgan fingerprint density at radius 2 is 1.64 bits per heavy atom. The molecule has 2 rings (SSSR count). The van der Waals surface area contributed by atoms with Crippen LogP contribution in [-0.2, 0) is 23.1 Å². The number of rotatable bonds is 6. The van der Waals surface area contributed by atoms with Crippen molar-refractivity contribution < 1.29 is 23.1 Å². The van der Waals surface area contributed by atoms with E-state index in [4.69, 9.17) is 13.8 Å². The first-order chi connectivity index (χ1) is 11.7. The number of carbonyl (C=O) groups is 1. The average Bonchev–Trinajstić information content (AvgIpc) is 2.59. The fourth-order valence-corrected chi connectivity index (χ4v) is 3.49. The fourth-order valence-electron chi connectivity index (χ4n) is 2.35. The van der Waals surface area contributed by atoms with Crippen LogP contribution < -0.4 is 0 Å². The van der Waals surface area contributed by atoms with E-state index in [-0.39, 0.29) is 12.1 Å². The number of esters is 1. The minimum atomic E-state index is -3.35. The van der Waals surface area contributed by atoms with Crippen molar-refractivity contribution in [3.8, 4) is 0 Å². The molecule has 0 spiro atoms. The molecule has 5 nitrogen and oxygen atoms in total. The predicted molar refractivity (Wildman–Crippen MR) is 98.7 cm³/mol. The Morgan fingerprint density at radius 3 is 2.20 bits per heavy atom. The van der Waals surface area contributed by atoms with E-state index in [0.29, 0.717) is 0 Å². The van der Waals surface area contributed by atoms with Crippen LogP contribution >= 0.6 is 7.60 Å². The maximum atomic E-state index is 12.6. The van der Waals surface area contributed by atoms with Crippen LogP contribution in [-0.4, -0.2) is 26.4 Å². The topological polar surface area (TPSA) is 61.8 Å². The zero-order valence-corrected chi connectivity index (χ0v) is 16.2. The molecule has 0 heterocycles. The van der Waals surface area contributed by atoms with Gasteiger partial charge in [-0.2, -0.15) is 0 Å². The molecule has 0 aromatic heterocycles. The van der Waals surface area contributed by atoms with Crippen LogP contribution in [0.2, 0.25) is 0 Å². The summed E-state index contributed by atoms with van der Waals surface area (Å²) in [6.45, 7) is 5.33. The molecule has 0 amide bonds. The van der Waals surface area contributed by atoms with E-state index in [2.05, 4.69) is 0 Å². The van der Waals surface area contributed by atoms with Gasteiger partial charge in [-0.3, -0.25) is 9.36 Å². The Hall–Kier alpha value is -1.68. The van der Waals surface area contributed by atoms with Crippen molar-refractivity contribution in [2.24, 2.45) is 5.41 Å². The quantitative estimate of drug-likeness (QED) is 0.536. The molecule has 0 saturated carbocycles. The summed E-state index contributed by atoms with van der Waals surface area (Å²) in [5.41, 5.74) is 0.0878. The van der Waals surface area contributed by atoms with Crippen molar-refractivity contribution in [1.82, 2.24) is 0 Å². The highest BCUT2D eigenvalue weighted by Crippen LogP contribution is 2.50. The zero-order chi connectivity index (χ0) is 18.7. The Labute approximate surface area is 148 Å². The summed E-state index contributed by atoms with van der Waals surface area (Å²) in [4.78, 5) is 12.4. The highest BCUT2D eigenvalue weighted by molar-refractivity contribution is 7.53. The molecular formula is C19H25O5P. The zero-order valence-electron chi connectivity index (χ0n) is 15.3. The lowest BCUT2D eigenvalue weighted by atomic mass is 9.97. The Morgan fingerprint density at radius 1 is 1.04 bits per heavy atom. The number of hydrogen-bond acceptors (Lipinski definition) is 5. The molecule has 0 aliphatic carbocycles. The van der Waals surface area contributed by atoms with Crippen molar-refractivity contribution in [3.63, 3.8) is 0 Å². The molecule has 0 unspecified atom stereocenters. The highest BCUT2D eigenvalue weighted by atomic mass is 31.2. The summed E-state index contributed by atoms with van der Waals surface area (Å²) >= 11 is 0. The third-order valence-corrected chi connectivity index (χ3v) is 5.84. The van der Waals surface area contributed by atoms with E-state index >= 15 is 0 Å². The van der Waals surface area contributed by atoms with Crippen molar-refractivity contribution in [2.75, 3.05) is 20.4 Å². The standard InChI is InChI=1S/C19H25O5P/c1-19(2,3)18(20)24-17(13-25(21,22-4)23-5)16-11-10-14-8-6-7-9-15(14)12-16/h6-12,17H,13H2,1-5H3/t17-/m0/s1. The average molecular weight is 364 g/mol. The third kappa shape index (κ3) is 4.91. The largest absolute Gasteiger partial charge is 0.456 e. The Kier molecular flexibility index (Phi) is 6.04. The van der Waals surface area contributed by atoms with Crippen LogP contribution in [0.4, 0.5) is 0 Å². The van der Waals surface area contributed by atoms with Gasteiger partial charge in [0.15, 0.2) is 0 Å². The van der Waals surface area contributed by atoms with Crippen LogP contribution in [0, 0.1) is 5.41 Å². The molecular weight excluding hydrogens is 339 g/mol. The van der Waals surface area contributed by atoms with Crippen molar-refractivity contribution in [2.45, 2.75) is 26.9 Å². The van der Waals surface area contributed by atoms with Crippen LogP contribution in [0.15, 0.2) is 42.5 Å². The van der Waals surface area contributed by atoms with Crippen LogP contribution in [0.3, 0.4) is 0 Å². The minimum absolute atomic E-state index is 0.0415. The second-order valence-corrected chi connectivity index (χ2v) is 9.23. The molecule has 2 aromatic carbocycles. The van der Waals surface area contributed by atoms with Gasteiger partial charge >= 0.3 is 13.6 Å².